The van der Waals surface area contributed by atoms with Crippen molar-refractivity contribution in [3.63, 3.8) is 0 Å². The molecule has 2 atom stereocenters. The largest absolute Gasteiger partial charge is 0.396 e. The van der Waals surface area contributed by atoms with Crippen molar-refractivity contribution >= 4 is 5.91 Å². The van der Waals surface area contributed by atoms with E-state index in [2.05, 4.69) is 35.2 Å². The quantitative estimate of drug-likeness (QED) is 0.914. The van der Waals surface area contributed by atoms with E-state index in [1.54, 1.807) is 0 Å². The molecule has 2 heterocycles. The van der Waals surface area contributed by atoms with E-state index in [1.807, 2.05) is 4.90 Å². The van der Waals surface area contributed by atoms with Gasteiger partial charge in [0.2, 0.25) is 5.91 Å². The van der Waals surface area contributed by atoms with Crippen molar-refractivity contribution in [1.29, 1.82) is 0 Å². The fourth-order valence-corrected chi connectivity index (χ4v) is 5.30. The van der Waals surface area contributed by atoms with Crippen molar-refractivity contribution in [2.45, 2.75) is 38.0 Å². The van der Waals surface area contributed by atoms with E-state index in [0.717, 1.165) is 45.4 Å². The number of likely N-dealkylation sites (tertiary alicyclic amines) is 2. The van der Waals surface area contributed by atoms with Gasteiger partial charge in [-0.25, -0.2) is 0 Å². The fraction of sp³-hybridized carbons (Fsp3) is 0.667. The summed E-state index contributed by atoms with van der Waals surface area (Å²) in [5.41, 5.74) is 1.45. The summed E-state index contributed by atoms with van der Waals surface area (Å²) in [6.07, 6.45) is 5.74. The first-order valence-electron chi connectivity index (χ1n) is 9.86. The zero-order chi connectivity index (χ0) is 17.3. The summed E-state index contributed by atoms with van der Waals surface area (Å²) in [5.74, 6) is 1.42. The Kier molecular flexibility index (Phi) is 4.83. The van der Waals surface area contributed by atoms with Crippen molar-refractivity contribution in [1.82, 2.24) is 9.80 Å². The average molecular weight is 342 g/mol. The summed E-state index contributed by atoms with van der Waals surface area (Å²) in [6, 6.07) is 10.8. The standard InChI is InChI=1S/C21H30N2O2/c24-16-21-10-4-7-19(21)13-23(15-21)20(25)14-22-11-8-18(9-12-22)17-5-2-1-3-6-17/h1-3,5-6,18-19,24H,4,7-16H2/t19-,21+/m1/s1. The van der Waals surface area contributed by atoms with Gasteiger partial charge < -0.3 is 10.0 Å². The smallest absolute Gasteiger partial charge is 0.236 e. The second-order valence-corrected chi connectivity index (χ2v) is 8.35. The SMILES string of the molecule is O=C(CN1CCC(c2ccccc2)CC1)N1C[C@H]2CCC[C@@]2(CO)C1. The maximum atomic E-state index is 12.8. The third kappa shape index (κ3) is 3.34. The number of benzene rings is 1. The highest BCUT2D eigenvalue weighted by atomic mass is 16.3. The minimum absolute atomic E-state index is 0.00988. The zero-order valence-corrected chi connectivity index (χ0v) is 15.1. The van der Waals surface area contributed by atoms with Crippen molar-refractivity contribution in [3.05, 3.63) is 35.9 Å². The molecule has 0 spiro atoms. The number of carbonyl (C=O) groups is 1. The monoisotopic (exact) mass is 342 g/mol. The Balaban J connectivity index is 1.28. The summed E-state index contributed by atoms with van der Waals surface area (Å²) in [5, 5.41) is 9.84. The van der Waals surface area contributed by atoms with Crippen molar-refractivity contribution in [3.8, 4) is 0 Å². The van der Waals surface area contributed by atoms with E-state index in [-0.39, 0.29) is 17.9 Å². The van der Waals surface area contributed by atoms with Gasteiger partial charge in [0.25, 0.3) is 0 Å². The number of amides is 1. The maximum Gasteiger partial charge on any atom is 0.236 e. The molecule has 1 aromatic rings. The first kappa shape index (κ1) is 17.0. The van der Waals surface area contributed by atoms with Gasteiger partial charge in [-0.15, -0.1) is 0 Å². The van der Waals surface area contributed by atoms with Gasteiger partial charge in [-0.05, 0) is 56.2 Å². The molecule has 4 rings (SSSR count). The van der Waals surface area contributed by atoms with E-state index < -0.39 is 0 Å². The number of carbonyl (C=O) groups excluding carboxylic acids is 1. The molecule has 136 valence electrons. The minimum Gasteiger partial charge on any atom is -0.396 e. The van der Waals surface area contributed by atoms with Gasteiger partial charge in [-0.1, -0.05) is 36.8 Å². The number of aliphatic hydroxyl groups is 1. The van der Waals surface area contributed by atoms with Gasteiger partial charge in [0.1, 0.15) is 0 Å². The lowest BCUT2D eigenvalue weighted by atomic mass is 9.82. The molecule has 4 heteroatoms. The molecule has 1 aliphatic carbocycles. The number of rotatable bonds is 4. The molecule has 4 nitrogen and oxygen atoms in total. The Morgan fingerprint density at radius 3 is 2.60 bits per heavy atom. The summed E-state index contributed by atoms with van der Waals surface area (Å²) >= 11 is 0. The van der Waals surface area contributed by atoms with Crippen molar-refractivity contribution in [2.24, 2.45) is 11.3 Å². The number of aliphatic hydroxyl groups excluding tert-OH is 1. The van der Waals surface area contributed by atoms with E-state index in [9.17, 15) is 9.90 Å². The molecule has 25 heavy (non-hydrogen) atoms. The number of hydrogen-bond acceptors (Lipinski definition) is 3. The lowest BCUT2D eigenvalue weighted by molar-refractivity contribution is -0.132. The number of fused-ring (bicyclic) bond motifs is 1. The second-order valence-electron chi connectivity index (χ2n) is 8.35. The third-order valence-electron chi connectivity index (χ3n) is 6.92. The Hall–Kier alpha value is -1.39. The van der Waals surface area contributed by atoms with Crippen LogP contribution in [0.5, 0.6) is 0 Å². The molecule has 3 aliphatic rings. The van der Waals surface area contributed by atoms with Crippen molar-refractivity contribution < 1.29 is 9.90 Å². The predicted molar refractivity (Wildman–Crippen MR) is 98.3 cm³/mol. The van der Waals surface area contributed by atoms with Gasteiger partial charge >= 0.3 is 0 Å². The van der Waals surface area contributed by atoms with Crippen LogP contribution in [0.25, 0.3) is 0 Å². The first-order chi connectivity index (χ1) is 12.2. The van der Waals surface area contributed by atoms with Crippen LogP contribution >= 0.6 is 0 Å². The molecule has 0 radical (unpaired) electrons. The lowest BCUT2D eigenvalue weighted by Crippen LogP contribution is -2.43. The lowest BCUT2D eigenvalue weighted by Gasteiger charge is -2.33. The zero-order valence-electron chi connectivity index (χ0n) is 15.1. The first-order valence-corrected chi connectivity index (χ1v) is 9.86. The number of nitrogens with zero attached hydrogens (tertiary/aromatic N) is 2. The van der Waals surface area contributed by atoms with Crippen LogP contribution in [-0.2, 0) is 4.79 Å². The van der Waals surface area contributed by atoms with E-state index >= 15 is 0 Å². The molecule has 3 fully saturated rings. The fourth-order valence-electron chi connectivity index (χ4n) is 5.30. The molecule has 2 saturated heterocycles. The molecule has 2 aliphatic heterocycles. The molecule has 0 aromatic heterocycles. The molecule has 0 unspecified atom stereocenters. The number of piperidine rings is 1. The van der Waals surface area contributed by atoms with E-state index in [4.69, 9.17) is 0 Å². The van der Waals surface area contributed by atoms with E-state index in [1.165, 1.54) is 18.4 Å². The van der Waals surface area contributed by atoms with Crippen LogP contribution in [0.4, 0.5) is 0 Å². The molecule has 1 amide bonds. The van der Waals surface area contributed by atoms with Crippen molar-refractivity contribution in [2.75, 3.05) is 39.3 Å². The maximum absolute atomic E-state index is 12.8. The van der Waals surface area contributed by atoms with Gasteiger partial charge in [-0.3, -0.25) is 9.69 Å². The average Bonchev–Trinajstić information content (AvgIpc) is 3.21. The summed E-state index contributed by atoms with van der Waals surface area (Å²) in [7, 11) is 0. The molecule has 1 saturated carbocycles. The van der Waals surface area contributed by atoms with Crippen LogP contribution in [-0.4, -0.2) is 60.1 Å². The molecule has 1 aromatic carbocycles. The summed E-state index contributed by atoms with van der Waals surface area (Å²) in [6.45, 7) is 4.44. The highest BCUT2D eigenvalue weighted by Crippen LogP contribution is 2.48. The van der Waals surface area contributed by atoms with Crippen LogP contribution in [0.3, 0.4) is 0 Å². The van der Waals surface area contributed by atoms with Crippen LogP contribution in [0.1, 0.15) is 43.6 Å². The third-order valence-corrected chi connectivity index (χ3v) is 6.92. The van der Waals surface area contributed by atoms with Gasteiger partial charge in [0.05, 0.1) is 13.2 Å². The van der Waals surface area contributed by atoms with Gasteiger partial charge in [-0.2, -0.15) is 0 Å². The number of hydrogen-bond donors (Lipinski definition) is 1. The summed E-state index contributed by atoms with van der Waals surface area (Å²) in [4.78, 5) is 17.1. The highest BCUT2D eigenvalue weighted by molar-refractivity contribution is 5.78. The molecule has 0 bridgehead atoms. The van der Waals surface area contributed by atoms with Gasteiger partial charge in [0.15, 0.2) is 0 Å². The highest BCUT2D eigenvalue weighted by Gasteiger charge is 2.50. The van der Waals surface area contributed by atoms with E-state index in [0.29, 0.717) is 18.4 Å². The Morgan fingerprint density at radius 1 is 1.16 bits per heavy atom. The van der Waals surface area contributed by atoms with Crippen LogP contribution in [0, 0.1) is 11.3 Å². The minimum atomic E-state index is 0.00988. The predicted octanol–water partition coefficient (Wildman–Crippen LogP) is 2.49. The molecular formula is C21H30N2O2. The van der Waals surface area contributed by atoms with Crippen LogP contribution in [0.15, 0.2) is 30.3 Å². The molecule has 1 N–H and O–H groups in total. The topological polar surface area (TPSA) is 43.8 Å². The molecular weight excluding hydrogens is 312 g/mol. The Morgan fingerprint density at radius 2 is 1.92 bits per heavy atom. The Labute approximate surface area is 150 Å². The normalized spacial score (nSPS) is 30.6. The Bertz CT molecular complexity index is 597. The van der Waals surface area contributed by atoms with Crippen LogP contribution in [0.2, 0.25) is 0 Å². The second kappa shape index (κ2) is 7.08. The van der Waals surface area contributed by atoms with Crippen LogP contribution < -0.4 is 0 Å². The summed E-state index contributed by atoms with van der Waals surface area (Å²) < 4.78 is 0. The van der Waals surface area contributed by atoms with Gasteiger partial charge in [0, 0.05) is 18.5 Å².